The van der Waals surface area contributed by atoms with E-state index < -0.39 is 11.9 Å². The Morgan fingerprint density at radius 2 is 1.48 bits per heavy atom. The van der Waals surface area contributed by atoms with Crippen molar-refractivity contribution in [1.82, 2.24) is 0 Å². The molecule has 1 aliphatic rings. The number of hydrogen-bond donors (Lipinski definition) is 0. The van der Waals surface area contributed by atoms with Gasteiger partial charge in [0, 0.05) is 11.1 Å². The van der Waals surface area contributed by atoms with Gasteiger partial charge in [-0.15, -0.1) is 0 Å². The van der Waals surface area contributed by atoms with Crippen LogP contribution in [0, 0.1) is 0 Å². The first-order valence-corrected chi connectivity index (χ1v) is 8.74. The van der Waals surface area contributed by atoms with Crippen LogP contribution in [0.4, 0.5) is 0 Å². The van der Waals surface area contributed by atoms with Crippen LogP contribution in [0.15, 0.2) is 36.4 Å². The molecule has 27 heavy (non-hydrogen) atoms. The number of benzene rings is 2. The molecule has 0 fully saturated rings. The average Bonchev–Trinajstić information content (AvgIpc) is 2.93. The molecule has 0 atom stereocenters. The van der Waals surface area contributed by atoms with Gasteiger partial charge in [0.05, 0.1) is 18.1 Å². The van der Waals surface area contributed by atoms with Gasteiger partial charge in [-0.1, -0.05) is 44.4 Å². The van der Waals surface area contributed by atoms with Crippen LogP contribution in [0.5, 0.6) is 0 Å². The Kier molecular flexibility index (Phi) is 7.36. The second kappa shape index (κ2) is 9.31. The number of fused-ring (bicyclic) bond motifs is 3. The smallest absolute Gasteiger partial charge is 0.545 e. The Bertz CT molecular complexity index is 888. The van der Waals surface area contributed by atoms with Crippen LogP contribution >= 0.6 is 0 Å². The van der Waals surface area contributed by atoms with Gasteiger partial charge in [-0.25, -0.2) is 4.79 Å². The van der Waals surface area contributed by atoms with Gasteiger partial charge < -0.3 is 14.6 Å². The van der Waals surface area contributed by atoms with Gasteiger partial charge in [0.15, 0.2) is 5.78 Å². The summed E-state index contributed by atoms with van der Waals surface area (Å²) < 4.78 is 5.26. The molecule has 3 rings (SSSR count). The van der Waals surface area contributed by atoms with Crippen molar-refractivity contribution in [2.75, 3.05) is 6.61 Å². The summed E-state index contributed by atoms with van der Waals surface area (Å²) in [5, 5.41) is 11.0. The molecule has 0 saturated carbocycles. The van der Waals surface area contributed by atoms with E-state index in [0.29, 0.717) is 34.4 Å². The maximum Gasteiger partial charge on any atom is 1.00 e. The predicted molar refractivity (Wildman–Crippen MR) is 94.1 cm³/mol. The molecule has 0 bridgehead atoms. The van der Waals surface area contributed by atoms with E-state index in [0.717, 1.165) is 25.7 Å². The SMILES string of the molecule is CCCCCCOC(=O)c1ccc2c(c1)C(=O)c1cc(C(=O)[O-])ccc1-2.[Na+]. The van der Waals surface area contributed by atoms with Gasteiger partial charge in [0.2, 0.25) is 0 Å². The Balaban J connectivity index is 0.00000261. The standard InChI is InChI=1S/C21H20O5.Na/c1-2-3-4-5-10-26-21(25)14-7-9-16-15-8-6-13(20(23)24)11-17(15)19(22)18(16)12-14;/h6-9,11-12H,2-5,10H2,1H3,(H,23,24);/q;+1/p-1. The molecule has 0 amide bonds. The third-order valence-corrected chi connectivity index (χ3v) is 4.52. The molecule has 0 saturated heterocycles. The minimum atomic E-state index is -1.33. The van der Waals surface area contributed by atoms with E-state index in [4.69, 9.17) is 4.74 Å². The van der Waals surface area contributed by atoms with Crippen molar-refractivity contribution in [2.24, 2.45) is 0 Å². The van der Waals surface area contributed by atoms with E-state index in [2.05, 4.69) is 6.92 Å². The van der Waals surface area contributed by atoms with Crippen LogP contribution in [-0.2, 0) is 4.74 Å². The number of carboxylic acids is 1. The second-order valence-corrected chi connectivity index (χ2v) is 6.33. The summed E-state index contributed by atoms with van der Waals surface area (Å²) in [5.41, 5.74) is 2.32. The van der Waals surface area contributed by atoms with E-state index in [1.54, 1.807) is 18.2 Å². The van der Waals surface area contributed by atoms with Crippen LogP contribution < -0.4 is 34.7 Å². The Labute approximate surface area is 180 Å². The molecule has 2 aromatic carbocycles. The predicted octanol–water partition coefficient (Wildman–Crippen LogP) is 0.00260. The molecule has 0 spiro atoms. The average molecular weight is 374 g/mol. The topological polar surface area (TPSA) is 83.5 Å². The van der Waals surface area contributed by atoms with Crippen molar-refractivity contribution in [3.05, 3.63) is 58.7 Å². The van der Waals surface area contributed by atoms with Crippen molar-refractivity contribution in [2.45, 2.75) is 32.6 Å². The molecule has 0 unspecified atom stereocenters. The normalized spacial score (nSPS) is 11.4. The molecule has 0 N–H and O–H groups in total. The zero-order valence-electron chi connectivity index (χ0n) is 15.5. The fourth-order valence-corrected chi connectivity index (χ4v) is 3.11. The number of ether oxygens (including phenoxy) is 1. The number of hydrogen-bond acceptors (Lipinski definition) is 5. The number of unbranched alkanes of at least 4 members (excludes halogenated alkanes) is 3. The summed E-state index contributed by atoms with van der Waals surface area (Å²) in [6.07, 6.45) is 4.06. The van der Waals surface area contributed by atoms with Gasteiger partial charge in [-0.2, -0.15) is 0 Å². The summed E-state index contributed by atoms with van der Waals surface area (Å²) in [7, 11) is 0. The van der Waals surface area contributed by atoms with Crippen molar-refractivity contribution in [1.29, 1.82) is 0 Å². The van der Waals surface area contributed by atoms with Gasteiger partial charge in [0.25, 0.3) is 0 Å². The Hall–Kier alpha value is -1.95. The van der Waals surface area contributed by atoms with Crippen molar-refractivity contribution in [3.8, 4) is 11.1 Å². The molecule has 1 aliphatic carbocycles. The Morgan fingerprint density at radius 1 is 0.889 bits per heavy atom. The third kappa shape index (κ3) is 4.49. The molecular weight excluding hydrogens is 355 g/mol. The third-order valence-electron chi connectivity index (χ3n) is 4.52. The van der Waals surface area contributed by atoms with Crippen LogP contribution in [0.3, 0.4) is 0 Å². The fourth-order valence-electron chi connectivity index (χ4n) is 3.11. The summed E-state index contributed by atoms with van der Waals surface area (Å²) in [6, 6.07) is 9.17. The maximum atomic E-state index is 12.6. The summed E-state index contributed by atoms with van der Waals surface area (Å²) in [5.74, 6) is -2.08. The van der Waals surface area contributed by atoms with E-state index in [9.17, 15) is 19.5 Å². The van der Waals surface area contributed by atoms with E-state index in [1.165, 1.54) is 18.2 Å². The molecule has 5 nitrogen and oxygen atoms in total. The Morgan fingerprint density at radius 3 is 2.07 bits per heavy atom. The van der Waals surface area contributed by atoms with E-state index in [-0.39, 0.29) is 40.9 Å². The molecule has 0 heterocycles. The first-order chi connectivity index (χ1) is 12.5. The first kappa shape index (κ1) is 21.4. The number of ketones is 1. The summed E-state index contributed by atoms with van der Waals surface area (Å²) >= 11 is 0. The van der Waals surface area contributed by atoms with Crippen LogP contribution in [0.25, 0.3) is 11.1 Å². The summed E-state index contributed by atoms with van der Waals surface area (Å²) in [6.45, 7) is 2.47. The number of rotatable bonds is 7. The number of carbonyl (C=O) groups excluding carboxylic acids is 3. The second-order valence-electron chi connectivity index (χ2n) is 6.33. The number of carbonyl (C=O) groups is 3. The van der Waals surface area contributed by atoms with Gasteiger partial charge in [-0.3, -0.25) is 4.79 Å². The zero-order chi connectivity index (χ0) is 18.7. The zero-order valence-corrected chi connectivity index (χ0v) is 17.5. The van der Waals surface area contributed by atoms with Crippen molar-refractivity contribution >= 4 is 17.7 Å². The molecule has 0 aromatic heterocycles. The molecule has 0 aliphatic heterocycles. The minimum absolute atomic E-state index is 0. The number of carboxylic acid groups (broad SMARTS) is 1. The van der Waals surface area contributed by atoms with Crippen molar-refractivity contribution < 1.29 is 53.8 Å². The first-order valence-electron chi connectivity index (χ1n) is 8.74. The molecule has 0 radical (unpaired) electrons. The molecule has 134 valence electrons. The number of esters is 1. The molecule has 2 aromatic rings. The minimum Gasteiger partial charge on any atom is -0.545 e. The van der Waals surface area contributed by atoms with E-state index in [1.807, 2.05) is 0 Å². The monoisotopic (exact) mass is 374 g/mol. The van der Waals surface area contributed by atoms with Gasteiger partial charge >= 0.3 is 35.5 Å². The van der Waals surface area contributed by atoms with E-state index >= 15 is 0 Å². The van der Waals surface area contributed by atoms with Crippen molar-refractivity contribution in [3.63, 3.8) is 0 Å². The number of aromatic carboxylic acids is 1. The quantitative estimate of drug-likeness (QED) is 0.330. The molecule has 6 heteroatoms. The van der Waals surface area contributed by atoms with Gasteiger partial charge in [0.1, 0.15) is 0 Å². The fraction of sp³-hybridized carbons (Fsp3) is 0.286. The maximum absolute atomic E-state index is 12.6. The van der Waals surface area contributed by atoms with Crippen LogP contribution in [0.2, 0.25) is 0 Å². The van der Waals surface area contributed by atoms with Gasteiger partial charge in [-0.05, 0) is 41.3 Å². The molecular formula is C21H19NaO5. The largest absolute Gasteiger partial charge is 1.00 e. The van der Waals surface area contributed by atoms with Crippen LogP contribution in [0.1, 0.15) is 69.2 Å². The summed E-state index contributed by atoms with van der Waals surface area (Å²) in [4.78, 5) is 35.8. The van der Waals surface area contributed by atoms with Crippen LogP contribution in [-0.4, -0.2) is 24.3 Å².